The molecule has 4 rings (SSSR count). The topological polar surface area (TPSA) is 60.6 Å². The van der Waals surface area contributed by atoms with Crippen molar-refractivity contribution in [3.8, 4) is 11.5 Å². The van der Waals surface area contributed by atoms with Crippen molar-refractivity contribution in [2.24, 2.45) is 0 Å². The number of nitrogens with zero attached hydrogens (tertiary/aromatic N) is 3. The van der Waals surface area contributed by atoms with E-state index in [4.69, 9.17) is 14.0 Å². The highest BCUT2D eigenvalue weighted by Crippen LogP contribution is 2.32. The molecule has 0 saturated carbocycles. The molecule has 2 fully saturated rings. The van der Waals surface area contributed by atoms with Crippen molar-refractivity contribution in [3.05, 3.63) is 30.1 Å². The zero-order valence-electron chi connectivity index (χ0n) is 12.4. The van der Waals surface area contributed by atoms with Crippen LogP contribution in [0.15, 0.2) is 28.8 Å². The fourth-order valence-electron chi connectivity index (χ4n) is 2.98. The zero-order chi connectivity index (χ0) is 14.8. The summed E-state index contributed by atoms with van der Waals surface area (Å²) < 4.78 is 16.4. The molecule has 1 atom stereocenters. The lowest BCUT2D eigenvalue weighted by Gasteiger charge is -2.29. The highest BCUT2D eigenvalue weighted by atomic mass is 16.5. The summed E-state index contributed by atoms with van der Waals surface area (Å²) >= 11 is 0. The smallest absolute Gasteiger partial charge is 0.260 e. The minimum Gasteiger partial charge on any atom is -0.381 e. The van der Waals surface area contributed by atoms with Crippen LogP contribution in [0.3, 0.4) is 0 Å². The minimum atomic E-state index is 0.257. The SMILES string of the molecule is c1ccc(N2CCOCC2)c(-c2nc([C@H]3CCOC3)no2)c1. The largest absolute Gasteiger partial charge is 0.381 e. The number of morpholine rings is 1. The van der Waals surface area contributed by atoms with E-state index in [0.717, 1.165) is 56.4 Å². The lowest BCUT2D eigenvalue weighted by Crippen LogP contribution is -2.36. The van der Waals surface area contributed by atoms with Crippen LogP contribution in [0.25, 0.3) is 11.5 Å². The maximum atomic E-state index is 5.52. The van der Waals surface area contributed by atoms with Gasteiger partial charge in [0.2, 0.25) is 0 Å². The van der Waals surface area contributed by atoms with E-state index < -0.39 is 0 Å². The van der Waals surface area contributed by atoms with Gasteiger partial charge in [-0.15, -0.1) is 0 Å². The molecule has 0 unspecified atom stereocenters. The molecule has 0 spiro atoms. The van der Waals surface area contributed by atoms with Gasteiger partial charge in [0.1, 0.15) is 0 Å². The molecular weight excluding hydrogens is 282 g/mol. The number of hydrogen-bond donors (Lipinski definition) is 0. The van der Waals surface area contributed by atoms with Gasteiger partial charge in [0, 0.05) is 31.3 Å². The van der Waals surface area contributed by atoms with Gasteiger partial charge < -0.3 is 18.9 Å². The van der Waals surface area contributed by atoms with Crippen LogP contribution in [0.2, 0.25) is 0 Å². The highest BCUT2D eigenvalue weighted by Gasteiger charge is 2.25. The Labute approximate surface area is 129 Å². The van der Waals surface area contributed by atoms with Crippen LogP contribution in [-0.2, 0) is 9.47 Å². The predicted molar refractivity (Wildman–Crippen MR) is 80.9 cm³/mol. The predicted octanol–water partition coefficient (Wildman–Crippen LogP) is 2.08. The first-order valence-corrected chi connectivity index (χ1v) is 7.75. The van der Waals surface area contributed by atoms with Gasteiger partial charge in [0.15, 0.2) is 5.82 Å². The Morgan fingerprint density at radius 3 is 2.73 bits per heavy atom. The molecule has 2 aliphatic heterocycles. The summed E-state index contributed by atoms with van der Waals surface area (Å²) in [5, 5.41) is 4.15. The molecule has 6 heteroatoms. The molecule has 3 heterocycles. The number of rotatable bonds is 3. The molecular formula is C16H19N3O3. The number of hydrogen-bond acceptors (Lipinski definition) is 6. The van der Waals surface area contributed by atoms with E-state index in [0.29, 0.717) is 12.5 Å². The third-order valence-electron chi connectivity index (χ3n) is 4.22. The number of aromatic nitrogens is 2. The second-order valence-corrected chi connectivity index (χ2v) is 5.63. The van der Waals surface area contributed by atoms with Gasteiger partial charge >= 0.3 is 0 Å². The maximum Gasteiger partial charge on any atom is 0.260 e. The van der Waals surface area contributed by atoms with Crippen LogP contribution in [0.5, 0.6) is 0 Å². The second kappa shape index (κ2) is 6.06. The molecule has 116 valence electrons. The molecule has 2 saturated heterocycles. The second-order valence-electron chi connectivity index (χ2n) is 5.63. The first kappa shape index (κ1) is 13.7. The summed E-state index contributed by atoms with van der Waals surface area (Å²) in [7, 11) is 0. The van der Waals surface area contributed by atoms with Crippen molar-refractivity contribution in [3.63, 3.8) is 0 Å². The number of benzene rings is 1. The quantitative estimate of drug-likeness (QED) is 0.865. The summed E-state index contributed by atoms with van der Waals surface area (Å²) in [6.45, 7) is 4.73. The van der Waals surface area contributed by atoms with E-state index in [1.165, 1.54) is 0 Å². The van der Waals surface area contributed by atoms with Crippen molar-refractivity contribution < 1.29 is 14.0 Å². The van der Waals surface area contributed by atoms with Gasteiger partial charge in [-0.1, -0.05) is 17.3 Å². The van der Waals surface area contributed by atoms with Gasteiger partial charge in [0.05, 0.1) is 25.4 Å². The molecule has 2 aromatic rings. The highest BCUT2D eigenvalue weighted by molar-refractivity contribution is 5.73. The molecule has 1 aromatic carbocycles. The molecule has 2 aliphatic rings. The Balaban J connectivity index is 1.64. The molecule has 0 amide bonds. The summed E-state index contributed by atoms with van der Waals surface area (Å²) in [5.41, 5.74) is 2.12. The monoisotopic (exact) mass is 301 g/mol. The molecule has 6 nitrogen and oxygen atoms in total. The van der Waals surface area contributed by atoms with Gasteiger partial charge in [-0.05, 0) is 18.6 Å². The van der Waals surface area contributed by atoms with Crippen LogP contribution >= 0.6 is 0 Å². The Bertz CT molecular complexity index is 631. The van der Waals surface area contributed by atoms with Crippen molar-refractivity contribution >= 4 is 5.69 Å². The van der Waals surface area contributed by atoms with Crippen LogP contribution in [0.4, 0.5) is 5.69 Å². The van der Waals surface area contributed by atoms with E-state index in [1.807, 2.05) is 18.2 Å². The number of para-hydroxylation sites is 1. The third-order valence-corrected chi connectivity index (χ3v) is 4.22. The van der Waals surface area contributed by atoms with E-state index in [2.05, 4.69) is 21.1 Å². The lowest BCUT2D eigenvalue weighted by atomic mass is 10.1. The van der Waals surface area contributed by atoms with Crippen LogP contribution in [0, 0.1) is 0 Å². The van der Waals surface area contributed by atoms with E-state index in [-0.39, 0.29) is 5.92 Å². The van der Waals surface area contributed by atoms with Crippen molar-refractivity contribution in [2.75, 3.05) is 44.4 Å². The molecule has 0 N–H and O–H groups in total. The summed E-state index contributed by atoms with van der Waals surface area (Å²) in [6.07, 6.45) is 0.962. The Hall–Kier alpha value is -1.92. The van der Waals surface area contributed by atoms with E-state index in [9.17, 15) is 0 Å². The third kappa shape index (κ3) is 2.60. The normalized spacial score (nSPS) is 22.2. The molecule has 0 radical (unpaired) electrons. The van der Waals surface area contributed by atoms with Gasteiger partial charge in [-0.25, -0.2) is 0 Å². The molecule has 0 bridgehead atoms. The van der Waals surface area contributed by atoms with Crippen molar-refractivity contribution in [1.82, 2.24) is 10.1 Å². The van der Waals surface area contributed by atoms with E-state index in [1.54, 1.807) is 0 Å². The van der Waals surface area contributed by atoms with Gasteiger partial charge in [-0.2, -0.15) is 4.98 Å². The van der Waals surface area contributed by atoms with E-state index >= 15 is 0 Å². The Morgan fingerprint density at radius 1 is 1.05 bits per heavy atom. The fraction of sp³-hybridized carbons (Fsp3) is 0.500. The summed E-state index contributed by atoms with van der Waals surface area (Å²) in [5.74, 6) is 1.60. The Kier molecular flexibility index (Phi) is 3.78. The van der Waals surface area contributed by atoms with Crippen molar-refractivity contribution in [2.45, 2.75) is 12.3 Å². The standard InChI is InChI=1S/C16H19N3O3/c1-2-4-14(19-6-9-20-10-7-19)13(3-1)16-17-15(18-22-16)12-5-8-21-11-12/h1-4,12H,5-11H2/t12-/m0/s1. The average molecular weight is 301 g/mol. The maximum absolute atomic E-state index is 5.52. The lowest BCUT2D eigenvalue weighted by molar-refractivity contribution is 0.122. The number of ether oxygens (including phenoxy) is 2. The summed E-state index contributed by atoms with van der Waals surface area (Å²) in [4.78, 5) is 6.91. The van der Waals surface area contributed by atoms with Gasteiger partial charge in [0.25, 0.3) is 5.89 Å². The average Bonchev–Trinajstić information content (AvgIpc) is 3.27. The van der Waals surface area contributed by atoms with Crippen LogP contribution < -0.4 is 4.90 Å². The minimum absolute atomic E-state index is 0.257. The first-order chi connectivity index (χ1) is 10.9. The zero-order valence-corrected chi connectivity index (χ0v) is 12.4. The Morgan fingerprint density at radius 2 is 1.91 bits per heavy atom. The van der Waals surface area contributed by atoms with Crippen LogP contribution in [-0.4, -0.2) is 49.7 Å². The molecule has 1 aromatic heterocycles. The van der Waals surface area contributed by atoms with Crippen molar-refractivity contribution in [1.29, 1.82) is 0 Å². The molecule has 22 heavy (non-hydrogen) atoms. The molecule has 0 aliphatic carbocycles. The summed E-state index contributed by atoms with van der Waals surface area (Å²) in [6, 6.07) is 8.18. The van der Waals surface area contributed by atoms with Crippen LogP contribution in [0.1, 0.15) is 18.2 Å². The van der Waals surface area contributed by atoms with Gasteiger partial charge in [-0.3, -0.25) is 0 Å². The first-order valence-electron chi connectivity index (χ1n) is 7.75. The number of anilines is 1. The fourth-order valence-corrected chi connectivity index (χ4v) is 2.98.